The van der Waals surface area contributed by atoms with Crippen molar-refractivity contribution in [3.63, 3.8) is 0 Å². The van der Waals surface area contributed by atoms with Crippen LogP contribution < -0.4 is 5.11 Å². The smallest absolute Gasteiger partial charge is 0.294 e. The van der Waals surface area contributed by atoms with Crippen molar-refractivity contribution in [2.45, 2.75) is 9.79 Å². The van der Waals surface area contributed by atoms with Gasteiger partial charge in [0, 0.05) is 5.39 Å². The molecule has 0 fully saturated rings. The highest BCUT2D eigenvalue weighted by molar-refractivity contribution is 7.86. The Labute approximate surface area is 118 Å². The zero-order valence-corrected chi connectivity index (χ0v) is 11.6. The Morgan fingerprint density at radius 2 is 1.62 bits per heavy atom. The first-order valence-corrected chi connectivity index (χ1v) is 8.00. The third kappa shape index (κ3) is 2.71. The van der Waals surface area contributed by atoms with Crippen LogP contribution in [-0.4, -0.2) is 25.9 Å². The van der Waals surface area contributed by atoms with E-state index in [9.17, 15) is 26.8 Å². The molecule has 0 saturated carbocycles. The van der Waals surface area contributed by atoms with Crippen molar-refractivity contribution < 1.29 is 31.0 Å². The first-order valence-electron chi connectivity index (χ1n) is 5.12. The SMILES string of the molecule is O=Nc1c([O-])c(S(=O)(=O)O)cc2cc(S(=O)(=O)O)ccc12. The van der Waals surface area contributed by atoms with E-state index in [0.717, 1.165) is 18.2 Å². The highest BCUT2D eigenvalue weighted by Gasteiger charge is 2.18. The van der Waals surface area contributed by atoms with Gasteiger partial charge in [0.15, 0.2) is 0 Å². The normalized spacial score (nSPS) is 12.5. The third-order valence-electron chi connectivity index (χ3n) is 2.67. The number of fused-ring (bicyclic) bond motifs is 1. The summed E-state index contributed by atoms with van der Waals surface area (Å²) in [5.74, 6) is -1.31. The average molecular weight is 332 g/mol. The standard InChI is InChI=1S/C10H7NO8S2/c12-10-8(21(17,18)19)4-5-3-6(20(14,15)16)1-2-7(5)9(10)11-13/h1-4,12H,(H,14,15,16)(H,17,18,19)/p-1. The summed E-state index contributed by atoms with van der Waals surface area (Å²) in [7, 11) is -9.50. The van der Waals surface area contributed by atoms with E-state index in [1.54, 1.807) is 0 Å². The molecular weight excluding hydrogens is 326 g/mol. The van der Waals surface area contributed by atoms with E-state index in [0.29, 0.717) is 6.07 Å². The van der Waals surface area contributed by atoms with E-state index in [4.69, 9.17) is 9.11 Å². The van der Waals surface area contributed by atoms with Crippen molar-refractivity contribution in [1.82, 2.24) is 0 Å². The van der Waals surface area contributed by atoms with E-state index in [1.165, 1.54) is 0 Å². The summed E-state index contributed by atoms with van der Waals surface area (Å²) in [6, 6.07) is 3.47. The highest BCUT2D eigenvalue weighted by atomic mass is 32.2. The van der Waals surface area contributed by atoms with E-state index in [-0.39, 0.29) is 10.8 Å². The van der Waals surface area contributed by atoms with Crippen molar-refractivity contribution in [1.29, 1.82) is 0 Å². The fourth-order valence-corrected chi connectivity index (χ4v) is 2.89. The van der Waals surface area contributed by atoms with Gasteiger partial charge in [-0.15, -0.1) is 4.91 Å². The predicted octanol–water partition coefficient (Wildman–Crippen LogP) is 0.805. The number of benzene rings is 2. The Bertz CT molecular complexity index is 962. The Hall–Kier alpha value is -2.08. The van der Waals surface area contributed by atoms with Gasteiger partial charge in [0.05, 0.1) is 9.79 Å². The molecule has 0 amide bonds. The molecule has 0 unspecified atom stereocenters. The van der Waals surface area contributed by atoms with Crippen LogP contribution in [0.4, 0.5) is 5.69 Å². The molecule has 0 aliphatic rings. The van der Waals surface area contributed by atoms with Crippen molar-refractivity contribution in [3.05, 3.63) is 29.2 Å². The van der Waals surface area contributed by atoms with Gasteiger partial charge in [-0.2, -0.15) is 16.8 Å². The van der Waals surface area contributed by atoms with E-state index < -0.39 is 41.5 Å². The fraction of sp³-hybridized carbons (Fsp3) is 0. The Kier molecular flexibility index (Phi) is 3.45. The van der Waals surface area contributed by atoms with Gasteiger partial charge in [-0.25, -0.2) is 0 Å². The molecule has 0 atom stereocenters. The number of rotatable bonds is 3. The fourth-order valence-electron chi connectivity index (χ4n) is 1.76. The van der Waals surface area contributed by atoms with Crippen LogP contribution in [0.15, 0.2) is 39.2 Å². The Morgan fingerprint density at radius 1 is 1.00 bits per heavy atom. The maximum atomic E-state index is 11.7. The van der Waals surface area contributed by atoms with Crippen LogP contribution in [0.5, 0.6) is 5.75 Å². The lowest BCUT2D eigenvalue weighted by Gasteiger charge is -2.15. The Balaban J connectivity index is 2.99. The zero-order chi connectivity index (χ0) is 16.0. The van der Waals surface area contributed by atoms with Crippen LogP contribution in [0.2, 0.25) is 0 Å². The molecule has 112 valence electrons. The lowest BCUT2D eigenvalue weighted by atomic mass is 10.1. The molecule has 21 heavy (non-hydrogen) atoms. The van der Waals surface area contributed by atoms with Crippen molar-refractivity contribution in [2.75, 3.05) is 0 Å². The van der Waals surface area contributed by atoms with Gasteiger partial charge in [0.25, 0.3) is 20.2 Å². The monoisotopic (exact) mass is 332 g/mol. The summed E-state index contributed by atoms with van der Waals surface area (Å²) in [6.07, 6.45) is 0. The van der Waals surface area contributed by atoms with Gasteiger partial charge in [0.2, 0.25) is 0 Å². The van der Waals surface area contributed by atoms with Crippen LogP contribution in [-0.2, 0) is 20.2 Å². The van der Waals surface area contributed by atoms with Gasteiger partial charge >= 0.3 is 0 Å². The second-order valence-corrected chi connectivity index (χ2v) is 6.79. The predicted molar refractivity (Wildman–Crippen MR) is 68.5 cm³/mol. The van der Waals surface area contributed by atoms with Crippen LogP contribution in [0.3, 0.4) is 0 Å². The minimum absolute atomic E-state index is 0.116. The number of nitrogens with zero attached hydrogens (tertiary/aromatic N) is 1. The van der Waals surface area contributed by atoms with Gasteiger partial charge in [-0.3, -0.25) is 9.11 Å². The van der Waals surface area contributed by atoms with Crippen molar-refractivity contribution in [2.24, 2.45) is 5.18 Å². The van der Waals surface area contributed by atoms with E-state index in [2.05, 4.69) is 5.18 Å². The molecule has 0 aromatic heterocycles. The summed E-state index contributed by atoms with van der Waals surface area (Å²) in [5.41, 5.74) is -0.790. The van der Waals surface area contributed by atoms with Crippen LogP contribution >= 0.6 is 0 Å². The summed E-state index contributed by atoms with van der Waals surface area (Å²) in [6.45, 7) is 0. The van der Waals surface area contributed by atoms with Crippen molar-refractivity contribution >= 4 is 36.7 Å². The molecule has 11 heteroatoms. The van der Waals surface area contributed by atoms with Crippen LogP contribution in [0.25, 0.3) is 10.8 Å². The molecule has 9 nitrogen and oxygen atoms in total. The molecule has 2 rings (SSSR count). The number of hydrogen-bond acceptors (Lipinski definition) is 7. The second-order valence-electron chi connectivity index (χ2n) is 3.98. The first-order chi connectivity index (χ1) is 9.55. The lowest BCUT2D eigenvalue weighted by molar-refractivity contribution is -0.271. The molecule has 2 N–H and O–H groups in total. The molecule has 0 saturated heterocycles. The Morgan fingerprint density at radius 3 is 2.10 bits per heavy atom. The van der Waals surface area contributed by atoms with E-state index in [1.807, 2.05) is 0 Å². The number of hydrogen-bond donors (Lipinski definition) is 2. The second kappa shape index (κ2) is 4.73. The van der Waals surface area contributed by atoms with Crippen LogP contribution in [0.1, 0.15) is 0 Å². The molecular formula is C10H6NO8S2-. The molecule has 0 heterocycles. The lowest BCUT2D eigenvalue weighted by Crippen LogP contribution is -2.05. The summed E-state index contributed by atoms with van der Waals surface area (Å²) < 4.78 is 62.1. The molecule has 2 aromatic carbocycles. The number of nitroso groups, excluding NO2 is 1. The molecule has 0 aliphatic carbocycles. The zero-order valence-electron chi connectivity index (χ0n) is 9.92. The maximum Gasteiger partial charge on any atom is 0.294 e. The maximum absolute atomic E-state index is 11.7. The topological polar surface area (TPSA) is 161 Å². The van der Waals surface area contributed by atoms with E-state index >= 15 is 0 Å². The summed E-state index contributed by atoms with van der Waals surface area (Å²) >= 11 is 0. The molecule has 2 aromatic rings. The first kappa shape index (κ1) is 15.3. The highest BCUT2D eigenvalue weighted by Crippen LogP contribution is 2.39. The van der Waals surface area contributed by atoms with Gasteiger partial charge in [-0.05, 0) is 28.8 Å². The average Bonchev–Trinajstić information content (AvgIpc) is 2.35. The van der Waals surface area contributed by atoms with Crippen LogP contribution in [0, 0.1) is 4.91 Å². The third-order valence-corrected chi connectivity index (χ3v) is 4.38. The quantitative estimate of drug-likeness (QED) is 0.616. The van der Waals surface area contributed by atoms with Crippen molar-refractivity contribution in [3.8, 4) is 5.75 Å². The minimum Gasteiger partial charge on any atom is -0.870 e. The van der Waals surface area contributed by atoms with Gasteiger partial charge in [-0.1, -0.05) is 11.8 Å². The van der Waals surface area contributed by atoms with Gasteiger partial charge in [0.1, 0.15) is 5.69 Å². The summed E-state index contributed by atoms with van der Waals surface area (Å²) in [5, 5.41) is 13.9. The largest absolute Gasteiger partial charge is 0.870 e. The molecule has 0 bridgehead atoms. The summed E-state index contributed by atoms with van der Waals surface area (Å²) in [4.78, 5) is 9.02. The minimum atomic E-state index is -4.93. The molecule has 0 radical (unpaired) electrons. The van der Waals surface area contributed by atoms with Gasteiger partial charge < -0.3 is 5.11 Å². The molecule has 0 spiro atoms. The molecule has 0 aliphatic heterocycles.